The average molecular weight is 501 g/mol. The molecule has 3 amide bonds. The molecule has 2 aliphatic rings. The molecule has 1 aliphatic heterocycles. The number of thioether (sulfide) groups is 1. The quantitative estimate of drug-likeness (QED) is 0.405. The lowest BCUT2D eigenvalue weighted by atomic mass is 9.89. The second-order valence-corrected chi connectivity index (χ2v) is 10.4. The van der Waals surface area contributed by atoms with Crippen LogP contribution in [0.5, 0.6) is 11.5 Å². The van der Waals surface area contributed by atoms with E-state index in [2.05, 4.69) is 17.6 Å². The normalized spacial score (nSPS) is 16.4. The molecule has 1 aromatic carbocycles. The van der Waals surface area contributed by atoms with Gasteiger partial charge in [0.2, 0.25) is 12.7 Å². The largest absolute Gasteiger partial charge is 0.454 e. The number of fused-ring (bicyclic) bond motifs is 4. The fourth-order valence-electron chi connectivity index (χ4n) is 4.22. The molecule has 2 N–H and O–H groups in total. The second-order valence-electron chi connectivity index (χ2n) is 8.33. The third-order valence-corrected chi connectivity index (χ3v) is 8.04. The Morgan fingerprint density at radius 2 is 2.12 bits per heavy atom. The minimum atomic E-state index is -0.652. The fourth-order valence-corrected chi connectivity index (χ4v) is 6.51. The van der Waals surface area contributed by atoms with E-state index in [1.54, 1.807) is 34.1 Å². The number of urea groups is 1. The van der Waals surface area contributed by atoms with Gasteiger partial charge in [0.1, 0.15) is 4.83 Å². The van der Waals surface area contributed by atoms with Crippen molar-refractivity contribution >= 4 is 50.9 Å². The molecular weight excluding hydrogens is 476 g/mol. The molecule has 5 rings (SSSR count). The molecule has 34 heavy (non-hydrogen) atoms. The summed E-state index contributed by atoms with van der Waals surface area (Å²) >= 11 is 2.73. The summed E-state index contributed by atoms with van der Waals surface area (Å²) in [5, 5.41) is 6.12. The van der Waals surface area contributed by atoms with Gasteiger partial charge in [-0.25, -0.2) is 9.78 Å². The average Bonchev–Trinajstić information content (AvgIpc) is 3.41. The predicted molar refractivity (Wildman–Crippen MR) is 131 cm³/mol. The summed E-state index contributed by atoms with van der Waals surface area (Å²) in [5.41, 5.74) is 1.57. The lowest BCUT2D eigenvalue weighted by Gasteiger charge is -2.17. The second kappa shape index (κ2) is 9.30. The van der Waals surface area contributed by atoms with Crippen LogP contribution in [0.15, 0.2) is 28.2 Å². The Balaban J connectivity index is 1.26. The highest BCUT2D eigenvalue weighted by atomic mass is 32.2. The molecule has 0 radical (unpaired) electrons. The number of carbonyl (C=O) groups excluding carboxylic acids is 2. The van der Waals surface area contributed by atoms with Crippen molar-refractivity contribution in [3.8, 4) is 11.5 Å². The summed E-state index contributed by atoms with van der Waals surface area (Å²) in [7, 11) is 0. The first-order valence-electron chi connectivity index (χ1n) is 11.1. The molecule has 11 heteroatoms. The van der Waals surface area contributed by atoms with Crippen molar-refractivity contribution in [3.05, 3.63) is 39.0 Å². The van der Waals surface area contributed by atoms with E-state index in [0.29, 0.717) is 34.8 Å². The van der Waals surface area contributed by atoms with Gasteiger partial charge < -0.3 is 14.8 Å². The Morgan fingerprint density at radius 3 is 2.94 bits per heavy atom. The number of anilines is 1. The van der Waals surface area contributed by atoms with Gasteiger partial charge in [-0.05, 0) is 49.8 Å². The van der Waals surface area contributed by atoms with Crippen molar-refractivity contribution in [3.63, 3.8) is 0 Å². The Hall–Kier alpha value is -3.05. The van der Waals surface area contributed by atoms with Gasteiger partial charge in [0.05, 0.1) is 11.1 Å². The number of hydrogen-bond acceptors (Lipinski definition) is 8. The van der Waals surface area contributed by atoms with E-state index in [-0.39, 0.29) is 18.1 Å². The molecule has 0 bridgehead atoms. The van der Waals surface area contributed by atoms with Gasteiger partial charge in [-0.15, -0.1) is 11.3 Å². The SMILES string of the molecule is CCn1c(SCC(=O)NC(=O)Nc2ccc3c(c2)OCO3)nc2sc3c(c2c1=O)CCC(C)C3. The molecule has 1 unspecified atom stereocenters. The van der Waals surface area contributed by atoms with Crippen LogP contribution in [0.1, 0.15) is 30.7 Å². The zero-order chi connectivity index (χ0) is 23.8. The minimum Gasteiger partial charge on any atom is -0.454 e. The Labute approximate surface area is 203 Å². The number of rotatable bonds is 5. The number of nitrogens with one attached hydrogen (secondary N) is 2. The molecule has 3 aromatic rings. The Kier molecular flexibility index (Phi) is 6.22. The molecule has 0 saturated carbocycles. The lowest BCUT2D eigenvalue weighted by molar-refractivity contribution is -0.117. The summed E-state index contributed by atoms with van der Waals surface area (Å²) in [5.74, 6) is 1.21. The van der Waals surface area contributed by atoms with Gasteiger partial charge >= 0.3 is 6.03 Å². The van der Waals surface area contributed by atoms with Crippen molar-refractivity contribution < 1.29 is 19.1 Å². The van der Waals surface area contributed by atoms with Gasteiger partial charge in [-0.3, -0.25) is 19.5 Å². The third kappa shape index (κ3) is 4.37. The number of aromatic nitrogens is 2. The first-order valence-corrected chi connectivity index (χ1v) is 12.9. The Morgan fingerprint density at radius 1 is 1.29 bits per heavy atom. The van der Waals surface area contributed by atoms with Crippen molar-refractivity contribution in [1.29, 1.82) is 0 Å². The van der Waals surface area contributed by atoms with Crippen LogP contribution in [0.2, 0.25) is 0 Å². The van der Waals surface area contributed by atoms with E-state index in [0.717, 1.165) is 46.8 Å². The van der Waals surface area contributed by atoms with Crippen molar-refractivity contribution in [1.82, 2.24) is 14.9 Å². The summed E-state index contributed by atoms with van der Waals surface area (Å²) < 4.78 is 12.1. The van der Waals surface area contributed by atoms with Crippen LogP contribution in [-0.4, -0.2) is 34.0 Å². The number of carbonyl (C=O) groups is 2. The number of benzene rings is 1. The number of hydrogen-bond donors (Lipinski definition) is 2. The molecule has 0 fully saturated rings. The third-order valence-electron chi connectivity index (χ3n) is 5.91. The van der Waals surface area contributed by atoms with Crippen molar-refractivity contribution in [2.45, 2.75) is 44.8 Å². The summed E-state index contributed by atoms with van der Waals surface area (Å²) in [6.07, 6.45) is 2.96. The summed E-state index contributed by atoms with van der Waals surface area (Å²) in [6.45, 7) is 4.71. The van der Waals surface area contributed by atoms with E-state index in [1.165, 1.54) is 4.88 Å². The smallest absolute Gasteiger partial charge is 0.325 e. The molecular formula is C23H24N4O5S2. The van der Waals surface area contributed by atoms with Gasteiger partial charge in [0.15, 0.2) is 16.7 Å². The van der Waals surface area contributed by atoms with Crippen LogP contribution in [0, 0.1) is 5.92 Å². The minimum absolute atomic E-state index is 0.0470. The zero-order valence-corrected chi connectivity index (χ0v) is 20.4. The van der Waals surface area contributed by atoms with Crippen LogP contribution in [-0.2, 0) is 24.2 Å². The van der Waals surface area contributed by atoms with Gasteiger partial charge in [0.25, 0.3) is 5.56 Å². The number of thiophene rings is 1. The summed E-state index contributed by atoms with van der Waals surface area (Å²) in [4.78, 5) is 44.6. The van der Waals surface area contributed by atoms with Crippen LogP contribution < -0.4 is 25.7 Å². The lowest BCUT2D eigenvalue weighted by Crippen LogP contribution is -2.35. The van der Waals surface area contributed by atoms with Crippen LogP contribution in [0.3, 0.4) is 0 Å². The van der Waals surface area contributed by atoms with Crippen LogP contribution in [0.25, 0.3) is 10.2 Å². The van der Waals surface area contributed by atoms with Crippen molar-refractivity contribution in [2.75, 3.05) is 17.9 Å². The molecule has 178 valence electrons. The highest BCUT2D eigenvalue weighted by Gasteiger charge is 2.25. The molecule has 0 spiro atoms. The number of aryl methyl sites for hydroxylation is 1. The highest BCUT2D eigenvalue weighted by molar-refractivity contribution is 7.99. The molecule has 3 heterocycles. The topological polar surface area (TPSA) is 112 Å². The monoisotopic (exact) mass is 500 g/mol. The fraction of sp³-hybridized carbons (Fsp3) is 0.391. The molecule has 9 nitrogen and oxygen atoms in total. The maximum Gasteiger partial charge on any atom is 0.325 e. The zero-order valence-electron chi connectivity index (χ0n) is 18.8. The molecule has 1 aliphatic carbocycles. The number of amides is 3. The maximum absolute atomic E-state index is 13.2. The van der Waals surface area contributed by atoms with E-state index in [1.807, 2.05) is 6.92 Å². The van der Waals surface area contributed by atoms with Gasteiger partial charge in [-0.1, -0.05) is 18.7 Å². The maximum atomic E-state index is 13.2. The standard InChI is InChI=1S/C23H24N4O5S2/c1-3-27-21(29)19-14-6-4-12(2)8-17(14)34-20(19)26-23(27)33-10-18(28)25-22(30)24-13-5-7-15-16(9-13)32-11-31-15/h5,7,9,12H,3-4,6,8,10-11H2,1-2H3,(H2,24,25,28,30). The molecule has 1 atom stereocenters. The van der Waals surface area contributed by atoms with Crippen LogP contribution >= 0.6 is 23.1 Å². The summed E-state index contributed by atoms with van der Waals surface area (Å²) in [6, 6.07) is 4.32. The Bertz CT molecular complexity index is 1350. The van der Waals surface area contributed by atoms with E-state index >= 15 is 0 Å². The number of ether oxygens (including phenoxy) is 2. The van der Waals surface area contributed by atoms with Crippen molar-refractivity contribution in [2.24, 2.45) is 5.92 Å². The molecule has 0 saturated heterocycles. The van der Waals surface area contributed by atoms with E-state index in [9.17, 15) is 14.4 Å². The predicted octanol–water partition coefficient (Wildman–Crippen LogP) is 3.77. The first kappa shape index (κ1) is 22.7. The van der Waals surface area contributed by atoms with Gasteiger partial charge in [-0.2, -0.15) is 0 Å². The first-order chi connectivity index (χ1) is 16.4. The number of nitrogens with zero attached hydrogens (tertiary/aromatic N) is 2. The van der Waals surface area contributed by atoms with E-state index in [4.69, 9.17) is 14.5 Å². The van der Waals surface area contributed by atoms with E-state index < -0.39 is 11.9 Å². The highest BCUT2D eigenvalue weighted by Crippen LogP contribution is 2.37. The molecule has 2 aromatic heterocycles. The van der Waals surface area contributed by atoms with Gasteiger partial charge in [0, 0.05) is 23.2 Å². The number of imide groups is 1. The van der Waals surface area contributed by atoms with Crippen LogP contribution in [0.4, 0.5) is 10.5 Å².